The number of benzene rings is 1. The summed E-state index contributed by atoms with van der Waals surface area (Å²) in [5.41, 5.74) is 7.29. The highest BCUT2D eigenvalue weighted by atomic mass is 16.4. The molecule has 102 valence electrons. The first-order valence-electron chi connectivity index (χ1n) is 6.16. The van der Waals surface area contributed by atoms with Crippen LogP contribution in [0, 0.1) is 0 Å². The molecule has 1 atom stereocenters. The van der Waals surface area contributed by atoms with Gasteiger partial charge in [-0.2, -0.15) is 0 Å². The van der Waals surface area contributed by atoms with Crippen LogP contribution in [0.1, 0.15) is 23.7 Å². The van der Waals surface area contributed by atoms with Gasteiger partial charge in [-0.05, 0) is 31.5 Å². The van der Waals surface area contributed by atoms with Crippen LogP contribution in [0.15, 0.2) is 18.2 Å². The molecule has 0 radical (unpaired) electrons. The van der Waals surface area contributed by atoms with Crippen molar-refractivity contribution in [2.24, 2.45) is 5.73 Å². The van der Waals surface area contributed by atoms with Crippen molar-refractivity contribution in [3.63, 3.8) is 0 Å². The van der Waals surface area contributed by atoms with Gasteiger partial charge in [-0.15, -0.1) is 0 Å². The summed E-state index contributed by atoms with van der Waals surface area (Å²) >= 11 is 0. The second kappa shape index (κ2) is 5.27. The number of carbonyl (C=O) groups excluding carboxylic acids is 1. The van der Waals surface area contributed by atoms with Gasteiger partial charge in [0.1, 0.15) is 0 Å². The van der Waals surface area contributed by atoms with Crippen molar-refractivity contribution in [2.45, 2.75) is 19.4 Å². The van der Waals surface area contributed by atoms with Crippen LogP contribution in [0.2, 0.25) is 0 Å². The van der Waals surface area contributed by atoms with Gasteiger partial charge in [0.2, 0.25) is 5.91 Å². The topological polar surface area (TPSA) is 95.7 Å². The number of fused-ring (bicyclic) bond motifs is 1. The minimum atomic E-state index is -0.983. The van der Waals surface area contributed by atoms with Gasteiger partial charge in [-0.3, -0.25) is 4.79 Å². The highest BCUT2D eigenvalue weighted by Crippen LogP contribution is 2.30. The number of carboxylic acids is 1. The smallest absolute Gasteiger partial charge is 0.335 e. The van der Waals surface area contributed by atoms with Crippen LogP contribution in [0.5, 0.6) is 0 Å². The van der Waals surface area contributed by atoms with Gasteiger partial charge in [-0.25, -0.2) is 4.79 Å². The van der Waals surface area contributed by atoms with Crippen molar-refractivity contribution in [1.29, 1.82) is 0 Å². The molecule has 0 fully saturated rings. The van der Waals surface area contributed by atoms with Crippen molar-refractivity contribution in [3.05, 3.63) is 23.8 Å². The zero-order valence-corrected chi connectivity index (χ0v) is 10.7. The van der Waals surface area contributed by atoms with Crippen LogP contribution < -0.4 is 16.0 Å². The van der Waals surface area contributed by atoms with Crippen molar-refractivity contribution in [3.8, 4) is 0 Å². The summed E-state index contributed by atoms with van der Waals surface area (Å²) in [5, 5.41) is 11.9. The molecule has 1 aromatic rings. The molecular formula is C13H17N3O3. The van der Waals surface area contributed by atoms with Crippen molar-refractivity contribution in [2.75, 3.05) is 23.3 Å². The standard InChI is InChI=1S/C13H17N3O3/c1-8(14)4-5-16-11-3-2-9(13(18)19)6-10(11)15-7-12(16)17/h2-3,6,8,15H,4-5,7,14H2,1H3,(H,18,19). The Labute approximate surface area is 111 Å². The molecular weight excluding hydrogens is 246 g/mol. The molecule has 0 aliphatic carbocycles. The molecule has 0 aromatic heterocycles. The Hall–Kier alpha value is -2.08. The third kappa shape index (κ3) is 2.85. The molecule has 1 amide bonds. The number of nitrogens with two attached hydrogens (primary N) is 1. The van der Waals surface area contributed by atoms with Crippen LogP contribution in [-0.2, 0) is 4.79 Å². The second-order valence-electron chi connectivity index (χ2n) is 4.70. The van der Waals surface area contributed by atoms with Gasteiger partial charge in [0.25, 0.3) is 0 Å². The summed E-state index contributed by atoms with van der Waals surface area (Å²) in [4.78, 5) is 24.5. The first-order valence-corrected chi connectivity index (χ1v) is 6.16. The number of hydrogen-bond donors (Lipinski definition) is 3. The molecule has 0 saturated heterocycles. The van der Waals surface area contributed by atoms with Crippen LogP contribution in [0.25, 0.3) is 0 Å². The van der Waals surface area contributed by atoms with E-state index in [-0.39, 0.29) is 24.1 Å². The third-order valence-electron chi connectivity index (χ3n) is 3.07. The maximum atomic E-state index is 11.9. The second-order valence-corrected chi connectivity index (χ2v) is 4.70. The van der Waals surface area contributed by atoms with Crippen molar-refractivity contribution in [1.82, 2.24) is 0 Å². The highest BCUT2D eigenvalue weighted by molar-refractivity contribution is 6.04. The number of nitrogens with one attached hydrogen (secondary N) is 1. The van der Waals surface area contributed by atoms with E-state index in [1.165, 1.54) is 6.07 Å². The van der Waals surface area contributed by atoms with E-state index in [4.69, 9.17) is 10.8 Å². The van der Waals surface area contributed by atoms with Crippen LogP contribution in [0.3, 0.4) is 0 Å². The van der Waals surface area contributed by atoms with E-state index in [0.29, 0.717) is 24.3 Å². The zero-order valence-electron chi connectivity index (χ0n) is 10.7. The minimum Gasteiger partial charge on any atom is -0.478 e. The average Bonchev–Trinajstić information content (AvgIpc) is 2.36. The number of carbonyl (C=O) groups is 2. The van der Waals surface area contributed by atoms with Crippen LogP contribution >= 0.6 is 0 Å². The summed E-state index contributed by atoms with van der Waals surface area (Å²) < 4.78 is 0. The normalized spacial score (nSPS) is 15.7. The predicted molar refractivity (Wildman–Crippen MR) is 72.5 cm³/mol. The lowest BCUT2D eigenvalue weighted by molar-refractivity contribution is -0.117. The number of aromatic carboxylic acids is 1. The quantitative estimate of drug-likeness (QED) is 0.749. The summed E-state index contributed by atoms with van der Waals surface area (Å²) in [6, 6.07) is 4.72. The maximum absolute atomic E-state index is 11.9. The molecule has 1 unspecified atom stereocenters. The van der Waals surface area contributed by atoms with E-state index in [0.717, 1.165) is 0 Å². The molecule has 6 heteroatoms. The lowest BCUT2D eigenvalue weighted by atomic mass is 10.1. The van der Waals surface area contributed by atoms with E-state index in [2.05, 4.69) is 5.32 Å². The average molecular weight is 263 g/mol. The number of hydrogen-bond acceptors (Lipinski definition) is 4. The number of amides is 1. The van der Waals surface area contributed by atoms with E-state index >= 15 is 0 Å². The van der Waals surface area contributed by atoms with Crippen molar-refractivity contribution < 1.29 is 14.7 Å². The van der Waals surface area contributed by atoms with Crippen molar-refractivity contribution >= 4 is 23.3 Å². The van der Waals surface area contributed by atoms with Gasteiger partial charge in [0, 0.05) is 12.6 Å². The Kier molecular flexibility index (Phi) is 3.71. The summed E-state index contributed by atoms with van der Waals surface area (Å²) in [7, 11) is 0. The lowest BCUT2D eigenvalue weighted by Gasteiger charge is -2.30. The number of carboxylic acid groups (broad SMARTS) is 1. The molecule has 4 N–H and O–H groups in total. The predicted octanol–water partition coefficient (Wildman–Crippen LogP) is 0.881. The van der Waals surface area contributed by atoms with Crippen LogP contribution in [-0.4, -0.2) is 36.1 Å². The molecule has 1 aromatic carbocycles. The van der Waals surface area contributed by atoms with E-state index in [9.17, 15) is 9.59 Å². The van der Waals surface area contributed by atoms with E-state index < -0.39 is 5.97 Å². The largest absolute Gasteiger partial charge is 0.478 e. The van der Waals surface area contributed by atoms with Gasteiger partial charge in [0.05, 0.1) is 23.5 Å². The first-order chi connectivity index (χ1) is 8.99. The number of rotatable bonds is 4. The summed E-state index contributed by atoms with van der Waals surface area (Å²) in [5.74, 6) is -1.01. The lowest BCUT2D eigenvalue weighted by Crippen LogP contribution is -2.41. The fourth-order valence-corrected chi connectivity index (χ4v) is 2.02. The molecule has 0 bridgehead atoms. The third-order valence-corrected chi connectivity index (χ3v) is 3.07. The molecule has 1 aliphatic rings. The molecule has 0 spiro atoms. The number of nitrogens with zero attached hydrogens (tertiary/aromatic N) is 1. The molecule has 19 heavy (non-hydrogen) atoms. The molecule has 1 heterocycles. The van der Waals surface area contributed by atoms with Gasteiger partial charge in [0.15, 0.2) is 0 Å². The summed E-state index contributed by atoms with van der Waals surface area (Å²) in [6.45, 7) is 2.60. The van der Waals surface area contributed by atoms with Crippen LogP contribution in [0.4, 0.5) is 11.4 Å². The summed E-state index contributed by atoms with van der Waals surface area (Å²) in [6.07, 6.45) is 0.700. The van der Waals surface area contributed by atoms with Gasteiger partial charge < -0.3 is 21.1 Å². The fourth-order valence-electron chi connectivity index (χ4n) is 2.02. The fraction of sp³-hybridized carbons (Fsp3) is 0.385. The highest BCUT2D eigenvalue weighted by Gasteiger charge is 2.24. The molecule has 1 aliphatic heterocycles. The molecule has 2 rings (SSSR count). The van der Waals surface area contributed by atoms with Gasteiger partial charge >= 0.3 is 5.97 Å². The van der Waals surface area contributed by atoms with E-state index in [1.54, 1.807) is 17.0 Å². The first kappa shape index (κ1) is 13.4. The monoisotopic (exact) mass is 263 g/mol. The molecule has 0 saturated carbocycles. The van der Waals surface area contributed by atoms with E-state index in [1.807, 2.05) is 6.92 Å². The SMILES string of the molecule is CC(N)CCN1C(=O)CNc2cc(C(=O)O)ccc21. The Bertz CT molecular complexity index is 514. The maximum Gasteiger partial charge on any atom is 0.335 e. The Morgan fingerprint density at radius 3 is 2.95 bits per heavy atom. The Morgan fingerprint density at radius 1 is 1.58 bits per heavy atom. The minimum absolute atomic E-state index is 0.0180. The number of anilines is 2. The molecule has 6 nitrogen and oxygen atoms in total. The van der Waals surface area contributed by atoms with Gasteiger partial charge in [-0.1, -0.05) is 0 Å². The Balaban J connectivity index is 2.28. The zero-order chi connectivity index (χ0) is 14.0. The Morgan fingerprint density at radius 2 is 2.32 bits per heavy atom.